The lowest BCUT2D eigenvalue weighted by Gasteiger charge is -2.13. The van der Waals surface area contributed by atoms with Crippen molar-refractivity contribution in [2.24, 2.45) is 0 Å². The molecule has 24 heavy (non-hydrogen) atoms. The fourth-order valence-corrected chi connectivity index (χ4v) is 2.69. The maximum absolute atomic E-state index is 12.6. The van der Waals surface area contributed by atoms with Crippen LogP contribution in [0.15, 0.2) is 54.2 Å². The molecule has 0 aromatic heterocycles. The van der Waals surface area contributed by atoms with Gasteiger partial charge in [-0.15, -0.1) is 0 Å². The van der Waals surface area contributed by atoms with Crippen molar-refractivity contribution in [3.05, 3.63) is 65.4 Å². The second-order valence-electron chi connectivity index (χ2n) is 5.30. The van der Waals surface area contributed by atoms with Crippen molar-refractivity contribution < 1.29 is 14.6 Å². The monoisotopic (exact) mass is 340 g/mol. The number of carbonyl (C=O) groups is 1. The number of nitrogens with one attached hydrogen (secondary N) is 1. The van der Waals surface area contributed by atoms with Crippen molar-refractivity contribution in [3.63, 3.8) is 0 Å². The molecule has 6 heteroatoms. The second kappa shape index (κ2) is 6.72. The van der Waals surface area contributed by atoms with Crippen molar-refractivity contribution in [2.45, 2.75) is 6.54 Å². The molecule has 2 aromatic rings. The van der Waals surface area contributed by atoms with Crippen molar-refractivity contribution >= 4 is 29.3 Å². The molecule has 122 valence electrons. The Morgan fingerprint density at radius 2 is 2.00 bits per heavy atom. The van der Waals surface area contributed by atoms with Gasteiger partial charge in [-0.05, 0) is 41.6 Å². The van der Waals surface area contributed by atoms with Crippen LogP contribution in [0, 0.1) is 0 Å². The van der Waals surface area contributed by atoms with Crippen LogP contribution < -0.4 is 10.1 Å². The summed E-state index contributed by atoms with van der Waals surface area (Å²) in [7, 11) is 1.47. The lowest BCUT2D eigenvalue weighted by molar-refractivity contribution is -0.122. The van der Waals surface area contributed by atoms with Crippen LogP contribution in [0.4, 0.5) is 0 Å². The fraction of sp³-hybridized carbons (Fsp3) is 0.111. The Kier molecular flexibility index (Phi) is 4.48. The Labute approximate surface area is 145 Å². The molecule has 0 atom stereocenters. The summed E-state index contributed by atoms with van der Waals surface area (Å²) in [6.07, 6.45) is 1.68. The predicted molar refractivity (Wildman–Crippen MR) is 95.4 cm³/mol. The van der Waals surface area contributed by atoms with E-state index in [9.17, 15) is 9.90 Å². The van der Waals surface area contributed by atoms with E-state index in [0.717, 1.165) is 11.1 Å². The third kappa shape index (κ3) is 3.23. The third-order valence-electron chi connectivity index (χ3n) is 3.66. The van der Waals surface area contributed by atoms with E-state index < -0.39 is 0 Å². The number of amides is 1. The van der Waals surface area contributed by atoms with E-state index in [1.807, 2.05) is 30.3 Å². The molecule has 3 rings (SSSR count). The summed E-state index contributed by atoms with van der Waals surface area (Å²) in [6.45, 7) is 0.418. The van der Waals surface area contributed by atoms with Crippen molar-refractivity contribution in [1.29, 1.82) is 0 Å². The lowest BCUT2D eigenvalue weighted by Crippen LogP contribution is -2.29. The molecule has 1 aliphatic heterocycles. The van der Waals surface area contributed by atoms with Gasteiger partial charge in [-0.3, -0.25) is 9.69 Å². The molecular weight excluding hydrogens is 324 g/mol. The SMILES string of the molecule is COc1cc(/C=C2\NC(=S)N(Cc3ccccc3)C2=O)ccc1O. The van der Waals surface area contributed by atoms with Gasteiger partial charge in [0.2, 0.25) is 0 Å². The highest BCUT2D eigenvalue weighted by molar-refractivity contribution is 7.80. The number of methoxy groups -OCH3 is 1. The van der Waals surface area contributed by atoms with Gasteiger partial charge in [-0.25, -0.2) is 0 Å². The van der Waals surface area contributed by atoms with E-state index in [-0.39, 0.29) is 11.7 Å². The van der Waals surface area contributed by atoms with Crippen LogP contribution in [-0.2, 0) is 11.3 Å². The van der Waals surface area contributed by atoms with Crippen LogP contribution in [0.2, 0.25) is 0 Å². The molecule has 1 heterocycles. The van der Waals surface area contributed by atoms with E-state index in [4.69, 9.17) is 17.0 Å². The highest BCUT2D eigenvalue weighted by Gasteiger charge is 2.30. The maximum atomic E-state index is 12.6. The van der Waals surface area contributed by atoms with Crippen LogP contribution in [0.25, 0.3) is 6.08 Å². The lowest BCUT2D eigenvalue weighted by atomic mass is 10.1. The minimum atomic E-state index is -0.184. The van der Waals surface area contributed by atoms with E-state index in [0.29, 0.717) is 23.1 Å². The number of ether oxygens (including phenoxy) is 1. The van der Waals surface area contributed by atoms with Crippen LogP contribution in [-0.4, -0.2) is 28.1 Å². The number of aromatic hydroxyl groups is 1. The molecule has 1 amide bonds. The molecule has 0 saturated carbocycles. The number of benzene rings is 2. The van der Waals surface area contributed by atoms with Gasteiger partial charge in [0.15, 0.2) is 16.6 Å². The normalized spacial score (nSPS) is 15.7. The van der Waals surface area contributed by atoms with Gasteiger partial charge in [-0.1, -0.05) is 36.4 Å². The van der Waals surface area contributed by atoms with E-state index >= 15 is 0 Å². The summed E-state index contributed by atoms with van der Waals surface area (Å²) in [5, 5.41) is 13.0. The summed E-state index contributed by atoms with van der Waals surface area (Å²) < 4.78 is 5.08. The van der Waals surface area contributed by atoms with E-state index in [2.05, 4.69) is 5.32 Å². The molecule has 0 spiro atoms. The molecule has 1 aliphatic rings. The van der Waals surface area contributed by atoms with Crippen molar-refractivity contribution in [3.8, 4) is 11.5 Å². The average molecular weight is 340 g/mol. The zero-order chi connectivity index (χ0) is 17.1. The number of carbonyl (C=O) groups excluding carboxylic acids is 1. The van der Waals surface area contributed by atoms with Gasteiger partial charge in [0.05, 0.1) is 13.7 Å². The standard InChI is InChI=1S/C18H16N2O3S/c1-23-16-10-13(7-8-15(16)21)9-14-17(22)20(18(24)19-14)11-12-5-3-2-4-6-12/h2-10,21H,11H2,1H3,(H,19,24)/b14-9-. The van der Waals surface area contributed by atoms with Crippen LogP contribution in [0.1, 0.15) is 11.1 Å². The Morgan fingerprint density at radius 1 is 1.25 bits per heavy atom. The zero-order valence-corrected chi connectivity index (χ0v) is 13.8. The Hall–Kier alpha value is -2.86. The number of thiocarbonyl (C=S) groups is 1. The maximum Gasteiger partial charge on any atom is 0.276 e. The van der Waals surface area contributed by atoms with Gasteiger partial charge in [0.1, 0.15) is 5.70 Å². The molecule has 2 N–H and O–H groups in total. The molecule has 5 nitrogen and oxygen atoms in total. The number of hydrogen-bond acceptors (Lipinski definition) is 4. The molecule has 2 aromatic carbocycles. The minimum Gasteiger partial charge on any atom is -0.504 e. The Balaban J connectivity index is 1.83. The predicted octanol–water partition coefficient (Wildman–Crippen LogP) is 2.66. The number of phenolic OH excluding ortho intramolecular Hbond substituents is 1. The van der Waals surface area contributed by atoms with Crippen molar-refractivity contribution in [2.75, 3.05) is 7.11 Å². The first kappa shape index (κ1) is 16.0. The van der Waals surface area contributed by atoms with Gasteiger partial charge in [-0.2, -0.15) is 0 Å². The van der Waals surface area contributed by atoms with E-state index in [1.165, 1.54) is 18.1 Å². The first-order valence-electron chi connectivity index (χ1n) is 7.34. The molecule has 1 saturated heterocycles. The second-order valence-corrected chi connectivity index (χ2v) is 5.68. The van der Waals surface area contributed by atoms with Gasteiger partial charge < -0.3 is 15.2 Å². The zero-order valence-electron chi connectivity index (χ0n) is 13.0. The minimum absolute atomic E-state index is 0.0478. The van der Waals surface area contributed by atoms with Gasteiger partial charge >= 0.3 is 0 Å². The summed E-state index contributed by atoms with van der Waals surface area (Å²) in [4.78, 5) is 14.1. The van der Waals surface area contributed by atoms with Crippen LogP contribution >= 0.6 is 12.2 Å². The molecule has 0 unspecified atom stereocenters. The van der Waals surface area contributed by atoms with Gasteiger partial charge in [0, 0.05) is 0 Å². The quantitative estimate of drug-likeness (QED) is 0.662. The van der Waals surface area contributed by atoms with Crippen molar-refractivity contribution in [1.82, 2.24) is 10.2 Å². The average Bonchev–Trinajstić information content (AvgIpc) is 2.85. The number of phenols is 1. The topological polar surface area (TPSA) is 61.8 Å². The molecule has 1 fully saturated rings. The Morgan fingerprint density at radius 3 is 2.71 bits per heavy atom. The van der Waals surface area contributed by atoms with Gasteiger partial charge in [0.25, 0.3) is 5.91 Å². The highest BCUT2D eigenvalue weighted by Crippen LogP contribution is 2.27. The van der Waals surface area contributed by atoms with E-state index in [1.54, 1.807) is 18.2 Å². The number of rotatable bonds is 4. The Bertz CT molecular complexity index is 818. The van der Waals surface area contributed by atoms with Crippen LogP contribution in [0.5, 0.6) is 11.5 Å². The smallest absolute Gasteiger partial charge is 0.276 e. The van der Waals surface area contributed by atoms with Crippen LogP contribution in [0.3, 0.4) is 0 Å². The summed E-state index contributed by atoms with van der Waals surface area (Å²) in [5.74, 6) is 0.209. The molecule has 0 radical (unpaired) electrons. The molecular formula is C18H16N2O3S. The summed E-state index contributed by atoms with van der Waals surface area (Å²) >= 11 is 5.27. The summed E-state index contributed by atoms with van der Waals surface area (Å²) in [5.41, 5.74) is 2.12. The third-order valence-corrected chi connectivity index (χ3v) is 3.98. The number of nitrogens with zero attached hydrogens (tertiary/aromatic N) is 1. The fourth-order valence-electron chi connectivity index (χ4n) is 2.43. The largest absolute Gasteiger partial charge is 0.504 e. The number of hydrogen-bond donors (Lipinski definition) is 2. The highest BCUT2D eigenvalue weighted by atomic mass is 32.1. The summed E-state index contributed by atoms with van der Waals surface area (Å²) in [6, 6.07) is 14.5. The first-order valence-corrected chi connectivity index (χ1v) is 7.75. The molecule has 0 bridgehead atoms. The first-order chi connectivity index (χ1) is 11.6. The molecule has 0 aliphatic carbocycles.